The first-order valence-electron chi connectivity index (χ1n) is 8.77. The van der Waals surface area contributed by atoms with Gasteiger partial charge in [-0.1, -0.05) is 48.0 Å². The number of aromatic amines is 1. The third-order valence-corrected chi connectivity index (χ3v) is 4.38. The maximum absolute atomic E-state index is 5.82. The fourth-order valence-electron chi connectivity index (χ4n) is 2.76. The van der Waals surface area contributed by atoms with Crippen molar-refractivity contribution in [2.75, 3.05) is 20.6 Å². The molecule has 0 aliphatic heterocycles. The van der Waals surface area contributed by atoms with Crippen LogP contribution in [0.15, 0.2) is 59.9 Å². The van der Waals surface area contributed by atoms with Gasteiger partial charge in [0.15, 0.2) is 5.96 Å². The Morgan fingerprint density at radius 3 is 2.61 bits per heavy atom. The number of H-pyrrole nitrogens is 1. The van der Waals surface area contributed by atoms with E-state index in [0.717, 1.165) is 41.6 Å². The standard InChI is InChI=1S/C20H23ClN6.HI/c1-22-20(23-11-10-15-8-9-18(21)24-12-15)27(2)14-19-25-13-17(26-19)16-6-4-3-5-7-16;/h3-9,12-13H,10-11,14H2,1-2H3,(H,22,23)(H,25,26);1H. The van der Waals surface area contributed by atoms with E-state index in [2.05, 4.69) is 37.4 Å². The van der Waals surface area contributed by atoms with Crippen LogP contribution in [0.4, 0.5) is 0 Å². The highest BCUT2D eigenvalue weighted by molar-refractivity contribution is 14.0. The molecule has 6 nitrogen and oxygen atoms in total. The van der Waals surface area contributed by atoms with Crippen molar-refractivity contribution in [1.82, 2.24) is 25.2 Å². The molecule has 2 heterocycles. The number of hydrogen-bond donors (Lipinski definition) is 2. The van der Waals surface area contributed by atoms with Crippen LogP contribution in [0, 0.1) is 0 Å². The SMILES string of the molecule is CN=C(NCCc1ccc(Cl)nc1)N(C)Cc1ncc(-c2ccccc2)[nH]1.I. The molecule has 0 bridgehead atoms. The summed E-state index contributed by atoms with van der Waals surface area (Å²) in [5.74, 6) is 1.70. The minimum atomic E-state index is 0. The minimum absolute atomic E-state index is 0. The average Bonchev–Trinajstić information content (AvgIpc) is 3.16. The third-order valence-electron chi connectivity index (χ3n) is 4.16. The number of guanidine groups is 1. The van der Waals surface area contributed by atoms with Gasteiger partial charge in [0.05, 0.1) is 18.4 Å². The summed E-state index contributed by atoms with van der Waals surface area (Å²) in [4.78, 5) is 18.3. The molecule has 0 atom stereocenters. The lowest BCUT2D eigenvalue weighted by molar-refractivity contribution is 0.464. The molecule has 2 aromatic heterocycles. The van der Waals surface area contributed by atoms with Crippen molar-refractivity contribution in [2.45, 2.75) is 13.0 Å². The van der Waals surface area contributed by atoms with E-state index in [1.165, 1.54) is 0 Å². The van der Waals surface area contributed by atoms with Crippen LogP contribution in [0.5, 0.6) is 0 Å². The van der Waals surface area contributed by atoms with Crippen LogP contribution in [0.3, 0.4) is 0 Å². The van der Waals surface area contributed by atoms with Crippen LogP contribution in [-0.2, 0) is 13.0 Å². The van der Waals surface area contributed by atoms with E-state index < -0.39 is 0 Å². The Labute approximate surface area is 187 Å². The lowest BCUT2D eigenvalue weighted by Crippen LogP contribution is -2.39. The van der Waals surface area contributed by atoms with Crippen molar-refractivity contribution in [3.63, 3.8) is 0 Å². The normalized spacial score (nSPS) is 11.0. The van der Waals surface area contributed by atoms with Crippen LogP contribution < -0.4 is 5.32 Å². The molecule has 0 aliphatic carbocycles. The second-order valence-electron chi connectivity index (χ2n) is 6.18. The van der Waals surface area contributed by atoms with Crippen molar-refractivity contribution in [1.29, 1.82) is 0 Å². The molecule has 0 amide bonds. The van der Waals surface area contributed by atoms with E-state index in [-0.39, 0.29) is 24.0 Å². The number of pyridine rings is 1. The van der Waals surface area contributed by atoms with Gasteiger partial charge in [0, 0.05) is 26.8 Å². The van der Waals surface area contributed by atoms with Crippen LogP contribution in [-0.4, -0.2) is 46.5 Å². The average molecular weight is 511 g/mol. The van der Waals surface area contributed by atoms with Crippen molar-refractivity contribution in [2.24, 2.45) is 4.99 Å². The fraction of sp³-hybridized carbons (Fsp3) is 0.250. The predicted octanol–water partition coefficient (Wildman–Crippen LogP) is 3.99. The van der Waals surface area contributed by atoms with Crippen molar-refractivity contribution in [3.05, 3.63) is 71.4 Å². The van der Waals surface area contributed by atoms with Gasteiger partial charge in [0.25, 0.3) is 0 Å². The summed E-state index contributed by atoms with van der Waals surface area (Å²) in [7, 11) is 3.77. The molecule has 0 aliphatic rings. The lowest BCUT2D eigenvalue weighted by Gasteiger charge is -2.21. The highest BCUT2D eigenvalue weighted by Gasteiger charge is 2.09. The Hall–Kier alpha value is -2.13. The molecule has 28 heavy (non-hydrogen) atoms. The second-order valence-corrected chi connectivity index (χ2v) is 6.57. The Morgan fingerprint density at radius 1 is 1.14 bits per heavy atom. The van der Waals surface area contributed by atoms with Crippen molar-refractivity contribution >= 4 is 41.5 Å². The van der Waals surface area contributed by atoms with Gasteiger partial charge in [-0.05, 0) is 23.6 Å². The Bertz CT molecular complexity index is 879. The summed E-state index contributed by atoms with van der Waals surface area (Å²) in [6.07, 6.45) is 4.50. The number of hydrogen-bond acceptors (Lipinski definition) is 3. The summed E-state index contributed by atoms with van der Waals surface area (Å²) in [5.41, 5.74) is 3.26. The quantitative estimate of drug-likeness (QED) is 0.228. The smallest absolute Gasteiger partial charge is 0.193 e. The summed E-state index contributed by atoms with van der Waals surface area (Å²) < 4.78 is 0. The summed E-state index contributed by atoms with van der Waals surface area (Å²) in [5, 5.41) is 3.87. The van der Waals surface area contributed by atoms with Crippen LogP contribution in [0.1, 0.15) is 11.4 Å². The van der Waals surface area contributed by atoms with E-state index in [0.29, 0.717) is 11.7 Å². The molecule has 0 fully saturated rings. The highest BCUT2D eigenvalue weighted by atomic mass is 127. The highest BCUT2D eigenvalue weighted by Crippen LogP contribution is 2.16. The van der Waals surface area contributed by atoms with E-state index >= 15 is 0 Å². The summed E-state index contributed by atoms with van der Waals surface area (Å²) in [6, 6.07) is 14.0. The minimum Gasteiger partial charge on any atom is -0.356 e. The number of aromatic nitrogens is 3. The van der Waals surface area contributed by atoms with Gasteiger partial charge >= 0.3 is 0 Å². The Balaban J connectivity index is 0.00000280. The number of aliphatic imine (C=N–C) groups is 1. The summed E-state index contributed by atoms with van der Waals surface area (Å²) >= 11 is 5.82. The van der Waals surface area contributed by atoms with E-state index in [1.807, 2.05) is 42.4 Å². The molecule has 8 heteroatoms. The summed E-state index contributed by atoms with van der Waals surface area (Å²) in [6.45, 7) is 1.39. The van der Waals surface area contributed by atoms with Crippen LogP contribution >= 0.6 is 35.6 Å². The predicted molar refractivity (Wildman–Crippen MR) is 125 cm³/mol. The molecular weight excluding hydrogens is 487 g/mol. The zero-order valence-corrected chi connectivity index (χ0v) is 19.0. The van der Waals surface area contributed by atoms with Crippen LogP contribution in [0.2, 0.25) is 5.15 Å². The molecular formula is C20H24ClIN6. The molecule has 3 aromatic rings. The molecule has 0 radical (unpaired) electrons. The molecule has 148 valence electrons. The molecule has 3 rings (SSSR count). The van der Waals surface area contributed by atoms with Crippen molar-refractivity contribution < 1.29 is 0 Å². The van der Waals surface area contributed by atoms with Gasteiger partial charge in [-0.25, -0.2) is 9.97 Å². The molecule has 2 N–H and O–H groups in total. The Morgan fingerprint density at radius 2 is 1.93 bits per heavy atom. The van der Waals surface area contributed by atoms with Gasteiger partial charge in [-0.2, -0.15) is 0 Å². The zero-order chi connectivity index (χ0) is 19.1. The largest absolute Gasteiger partial charge is 0.356 e. The molecule has 0 saturated heterocycles. The molecule has 1 aromatic carbocycles. The number of nitrogens with zero attached hydrogens (tertiary/aromatic N) is 4. The maximum atomic E-state index is 5.82. The molecule has 0 unspecified atom stereocenters. The number of nitrogens with one attached hydrogen (secondary N) is 2. The van der Waals surface area contributed by atoms with Crippen molar-refractivity contribution in [3.8, 4) is 11.3 Å². The Kier molecular flexibility index (Phi) is 8.72. The van der Waals surface area contributed by atoms with Gasteiger partial charge in [0.1, 0.15) is 11.0 Å². The zero-order valence-electron chi connectivity index (χ0n) is 15.9. The maximum Gasteiger partial charge on any atom is 0.193 e. The van der Waals surface area contributed by atoms with Crippen LogP contribution in [0.25, 0.3) is 11.3 Å². The number of benzene rings is 1. The van der Waals surface area contributed by atoms with E-state index in [4.69, 9.17) is 11.6 Å². The van der Waals surface area contributed by atoms with Gasteiger partial charge in [0.2, 0.25) is 0 Å². The second kappa shape index (κ2) is 11.0. The monoisotopic (exact) mass is 510 g/mol. The van der Waals surface area contributed by atoms with Gasteiger partial charge in [-0.3, -0.25) is 4.99 Å². The van der Waals surface area contributed by atoms with E-state index in [1.54, 1.807) is 19.3 Å². The van der Waals surface area contributed by atoms with Gasteiger partial charge < -0.3 is 15.2 Å². The number of halogens is 2. The molecule has 0 spiro atoms. The van der Waals surface area contributed by atoms with Gasteiger partial charge in [-0.15, -0.1) is 24.0 Å². The first-order valence-corrected chi connectivity index (χ1v) is 9.15. The number of rotatable bonds is 6. The lowest BCUT2D eigenvalue weighted by atomic mass is 10.2. The first kappa shape index (κ1) is 22.2. The first-order chi connectivity index (χ1) is 13.2. The molecule has 0 saturated carbocycles. The topological polar surface area (TPSA) is 69.2 Å². The van der Waals surface area contributed by atoms with E-state index in [9.17, 15) is 0 Å². The fourth-order valence-corrected chi connectivity index (χ4v) is 2.88. The third kappa shape index (κ3) is 6.20. The number of imidazole rings is 1.